The second-order valence-electron chi connectivity index (χ2n) is 6.27. The Morgan fingerprint density at radius 3 is 2.73 bits per heavy atom. The molecule has 0 bridgehead atoms. The summed E-state index contributed by atoms with van der Waals surface area (Å²) < 4.78 is 0. The molecule has 0 aliphatic heterocycles. The van der Waals surface area contributed by atoms with E-state index in [0.717, 1.165) is 38.3 Å². The van der Waals surface area contributed by atoms with E-state index >= 15 is 0 Å². The normalized spacial score (nSPS) is 12.3. The summed E-state index contributed by atoms with van der Waals surface area (Å²) >= 11 is 1.46. The van der Waals surface area contributed by atoms with Crippen molar-refractivity contribution < 1.29 is 4.92 Å². The molecule has 0 saturated heterocycles. The first-order chi connectivity index (χ1) is 12.6. The van der Waals surface area contributed by atoms with Gasteiger partial charge in [0.1, 0.15) is 10.9 Å². The summed E-state index contributed by atoms with van der Waals surface area (Å²) in [4.78, 5) is 19.0. The minimum atomic E-state index is -0.392. The van der Waals surface area contributed by atoms with Crippen molar-refractivity contribution in [1.82, 2.24) is 9.97 Å². The first-order valence-corrected chi connectivity index (χ1v) is 9.20. The van der Waals surface area contributed by atoms with Crippen LogP contribution in [0, 0.1) is 17.0 Å². The number of aryl methyl sites for hydroxylation is 1. The number of hydrogen-bond donors (Lipinski definition) is 1. The zero-order chi connectivity index (χ0) is 18.1. The predicted octanol–water partition coefficient (Wildman–Crippen LogP) is 5.01. The van der Waals surface area contributed by atoms with E-state index in [0.29, 0.717) is 0 Å². The zero-order valence-corrected chi connectivity index (χ0v) is 15.0. The fraction of sp³-hybridized carbons (Fsp3) is 0.150. The molecule has 0 aliphatic carbocycles. The summed E-state index contributed by atoms with van der Waals surface area (Å²) in [7, 11) is 0. The van der Waals surface area contributed by atoms with Crippen molar-refractivity contribution in [3.8, 4) is 11.3 Å². The number of nitro groups is 1. The molecular weight excluding hydrogens is 346 g/mol. The highest BCUT2D eigenvalue weighted by Crippen LogP contribution is 2.39. The predicted molar refractivity (Wildman–Crippen MR) is 104 cm³/mol. The number of nitrogens with one attached hydrogen (secondary N) is 1. The smallest absolute Gasteiger partial charge is 0.217 e. The molecular formula is C20H17N3O2S. The number of hydrogen-bond acceptors (Lipinski definition) is 4. The van der Waals surface area contributed by atoms with Crippen LogP contribution in [0.5, 0.6) is 0 Å². The lowest BCUT2D eigenvalue weighted by molar-refractivity contribution is -0.481. The Labute approximate surface area is 154 Å². The topological polar surface area (TPSA) is 71.8 Å². The van der Waals surface area contributed by atoms with Gasteiger partial charge >= 0.3 is 0 Å². The molecule has 4 rings (SSSR count). The van der Waals surface area contributed by atoms with Crippen LogP contribution in [-0.4, -0.2) is 21.4 Å². The van der Waals surface area contributed by atoms with Gasteiger partial charge in [-0.05, 0) is 24.1 Å². The van der Waals surface area contributed by atoms with E-state index in [1.807, 2.05) is 54.8 Å². The van der Waals surface area contributed by atoms with E-state index in [1.54, 1.807) is 6.20 Å². The molecule has 0 aliphatic rings. The molecule has 26 heavy (non-hydrogen) atoms. The van der Waals surface area contributed by atoms with Gasteiger partial charge in [0.25, 0.3) is 0 Å². The molecule has 2 aromatic carbocycles. The van der Waals surface area contributed by atoms with Crippen molar-refractivity contribution >= 4 is 22.2 Å². The Balaban J connectivity index is 2.00. The molecule has 5 nitrogen and oxygen atoms in total. The highest BCUT2D eigenvalue weighted by molar-refractivity contribution is 7.09. The maximum atomic E-state index is 11.4. The fourth-order valence-corrected chi connectivity index (χ4v) is 4.12. The van der Waals surface area contributed by atoms with Crippen LogP contribution in [0.15, 0.2) is 60.1 Å². The van der Waals surface area contributed by atoms with Gasteiger partial charge in [-0.2, -0.15) is 0 Å². The van der Waals surface area contributed by atoms with E-state index in [2.05, 4.69) is 16.0 Å². The molecule has 0 spiro atoms. The summed E-state index contributed by atoms with van der Waals surface area (Å²) in [5.74, 6) is -0.392. The number of rotatable bonds is 5. The number of fused-ring (bicyclic) bond motifs is 1. The average Bonchev–Trinajstić information content (AvgIpc) is 3.28. The van der Waals surface area contributed by atoms with Crippen molar-refractivity contribution in [2.75, 3.05) is 6.54 Å². The third-order valence-corrected chi connectivity index (χ3v) is 5.38. The lowest BCUT2D eigenvalue weighted by atomic mass is 9.93. The van der Waals surface area contributed by atoms with Crippen LogP contribution >= 0.6 is 11.3 Å². The van der Waals surface area contributed by atoms with Crippen LogP contribution < -0.4 is 0 Å². The Morgan fingerprint density at radius 1 is 1.23 bits per heavy atom. The van der Waals surface area contributed by atoms with Gasteiger partial charge in [0, 0.05) is 33.0 Å². The SMILES string of the molecule is Cc1ccc2c(C(C[N+](=O)[O-])c3nccs3)c(-c3ccccc3)[nH]c2c1. The van der Waals surface area contributed by atoms with Crippen molar-refractivity contribution in [2.24, 2.45) is 0 Å². The Hall–Kier alpha value is -2.99. The standard InChI is InChI=1S/C20H17N3O2S/c1-13-7-8-15-17(11-13)22-19(14-5-3-2-4-6-14)18(15)16(12-23(24)25)20-21-9-10-26-20/h2-11,16,22H,12H2,1H3. The van der Waals surface area contributed by atoms with Crippen LogP contribution in [0.4, 0.5) is 0 Å². The molecule has 130 valence electrons. The van der Waals surface area contributed by atoms with E-state index in [-0.39, 0.29) is 11.5 Å². The molecule has 0 fully saturated rings. The summed E-state index contributed by atoms with van der Waals surface area (Å²) in [5.41, 5.74) is 5.01. The van der Waals surface area contributed by atoms with E-state index < -0.39 is 5.92 Å². The molecule has 2 aromatic heterocycles. The van der Waals surface area contributed by atoms with Crippen LogP contribution in [0.25, 0.3) is 22.2 Å². The number of nitrogens with zero attached hydrogens (tertiary/aromatic N) is 2. The molecule has 0 radical (unpaired) electrons. The monoisotopic (exact) mass is 363 g/mol. The van der Waals surface area contributed by atoms with Crippen molar-refractivity contribution in [3.05, 3.63) is 86.4 Å². The van der Waals surface area contributed by atoms with Crippen LogP contribution in [0.2, 0.25) is 0 Å². The van der Waals surface area contributed by atoms with Gasteiger partial charge in [-0.3, -0.25) is 10.1 Å². The maximum absolute atomic E-state index is 11.4. The highest BCUT2D eigenvalue weighted by atomic mass is 32.1. The third-order valence-electron chi connectivity index (χ3n) is 4.49. The first kappa shape index (κ1) is 16.5. The maximum Gasteiger partial charge on any atom is 0.217 e. The lowest BCUT2D eigenvalue weighted by Crippen LogP contribution is -2.14. The number of H-pyrrole nitrogens is 1. The summed E-state index contributed by atoms with van der Waals surface area (Å²) in [6.45, 7) is 1.85. The third kappa shape index (κ3) is 2.99. The van der Waals surface area contributed by atoms with Crippen molar-refractivity contribution in [1.29, 1.82) is 0 Å². The van der Waals surface area contributed by atoms with Gasteiger partial charge in [0.15, 0.2) is 0 Å². The van der Waals surface area contributed by atoms with Gasteiger partial charge in [-0.25, -0.2) is 4.98 Å². The number of aromatic nitrogens is 2. The van der Waals surface area contributed by atoms with Crippen LogP contribution in [0.3, 0.4) is 0 Å². The second-order valence-corrected chi connectivity index (χ2v) is 7.19. The summed E-state index contributed by atoms with van der Waals surface area (Å²) in [6.07, 6.45) is 1.70. The molecule has 0 amide bonds. The van der Waals surface area contributed by atoms with E-state index in [1.165, 1.54) is 11.3 Å². The van der Waals surface area contributed by atoms with E-state index in [4.69, 9.17) is 0 Å². The highest BCUT2D eigenvalue weighted by Gasteiger charge is 2.29. The Kier molecular flexibility index (Phi) is 4.26. The van der Waals surface area contributed by atoms with Gasteiger partial charge < -0.3 is 4.98 Å². The van der Waals surface area contributed by atoms with Gasteiger partial charge in [-0.1, -0.05) is 42.5 Å². The summed E-state index contributed by atoms with van der Waals surface area (Å²) in [5, 5.41) is 15.0. The first-order valence-electron chi connectivity index (χ1n) is 8.32. The lowest BCUT2D eigenvalue weighted by Gasteiger charge is -2.13. The largest absolute Gasteiger partial charge is 0.354 e. The fourth-order valence-electron chi connectivity index (χ4n) is 3.38. The van der Waals surface area contributed by atoms with Gasteiger partial charge in [0.2, 0.25) is 6.54 Å². The number of thiazole rings is 1. The summed E-state index contributed by atoms with van der Waals surface area (Å²) in [6, 6.07) is 16.1. The number of benzene rings is 2. The van der Waals surface area contributed by atoms with Crippen LogP contribution in [0.1, 0.15) is 22.1 Å². The van der Waals surface area contributed by atoms with Crippen molar-refractivity contribution in [3.63, 3.8) is 0 Å². The average molecular weight is 363 g/mol. The van der Waals surface area contributed by atoms with Crippen molar-refractivity contribution in [2.45, 2.75) is 12.8 Å². The molecule has 6 heteroatoms. The van der Waals surface area contributed by atoms with E-state index in [9.17, 15) is 10.1 Å². The molecule has 1 unspecified atom stereocenters. The molecule has 0 saturated carbocycles. The Morgan fingerprint density at radius 2 is 2.04 bits per heavy atom. The molecule has 1 atom stereocenters. The number of aromatic amines is 1. The van der Waals surface area contributed by atoms with Gasteiger partial charge in [0.05, 0.1) is 5.69 Å². The zero-order valence-electron chi connectivity index (χ0n) is 14.2. The Bertz CT molecular complexity index is 1060. The molecule has 4 aromatic rings. The van der Waals surface area contributed by atoms with Crippen LogP contribution in [-0.2, 0) is 0 Å². The molecule has 1 N–H and O–H groups in total. The minimum absolute atomic E-state index is 0.186. The second kappa shape index (κ2) is 6.72. The molecule has 2 heterocycles. The minimum Gasteiger partial charge on any atom is -0.354 e. The van der Waals surface area contributed by atoms with Gasteiger partial charge in [-0.15, -0.1) is 11.3 Å². The quantitative estimate of drug-likeness (QED) is 0.400.